The SMILES string of the molecule is Cc1ccc(NC(=O)NCC#CCOc2cccnc2)cc1C. The summed E-state index contributed by atoms with van der Waals surface area (Å²) in [6.07, 6.45) is 3.30. The highest BCUT2D eigenvalue weighted by Gasteiger charge is 2.01. The first-order chi connectivity index (χ1) is 11.1. The van der Waals surface area contributed by atoms with E-state index >= 15 is 0 Å². The second-order valence-electron chi connectivity index (χ2n) is 4.94. The third-order valence-electron chi connectivity index (χ3n) is 3.17. The van der Waals surface area contributed by atoms with Crippen LogP contribution in [0, 0.1) is 25.7 Å². The van der Waals surface area contributed by atoms with Gasteiger partial charge >= 0.3 is 6.03 Å². The molecule has 0 fully saturated rings. The summed E-state index contributed by atoms with van der Waals surface area (Å²) < 4.78 is 5.37. The van der Waals surface area contributed by atoms with Gasteiger partial charge in [-0.2, -0.15) is 0 Å². The predicted molar refractivity (Wildman–Crippen MR) is 90.4 cm³/mol. The molecule has 1 aromatic carbocycles. The number of pyridine rings is 1. The topological polar surface area (TPSA) is 63.2 Å². The van der Waals surface area contributed by atoms with Gasteiger partial charge in [-0.05, 0) is 49.2 Å². The fourth-order valence-corrected chi connectivity index (χ4v) is 1.78. The lowest BCUT2D eigenvalue weighted by Gasteiger charge is -2.07. The van der Waals surface area contributed by atoms with Crippen molar-refractivity contribution in [2.45, 2.75) is 13.8 Å². The van der Waals surface area contributed by atoms with Crippen molar-refractivity contribution < 1.29 is 9.53 Å². The molecular weight excluding hydrogens is 290 g/mol. The largest absolute Gasteiger partial charge is 0.479 e. The number of carbonyl (C=O) groups is 1. The minimum Gasteiger partial charge on any atom is -0.479 e. The molecule has 5 heteroatoms. The first-order valence-electron chi connectivity index (χ1n) is 7.26. The number of rotatable bonds is 4. The van der Waals surface area contributed by atoms with Gasteiger partial charge in [0.05, 0.1) is 12.7 Å². The number of hydrogen-bond donors (Lipinski definition) is 2. The zero-order chi connectivity index (χ0) is 16.5. The van der Waals surface area contributed by atoms with Gasteiger partial charge in [0.25, 0.3) is 0 Å². The lowest BCUT2D eigenvalue weighted by atomic mass is 10.1. The maximum absolute atomic E-state index is 11.7. The van der Waals surface area contributed by atoms with E-state index in [1.54, 1.807) is 18.5 Å². The Labute approximate surface area is 136 Å². The Morgan fingerprint density at radius 3 is 2.83 bits per heavy atom. The van der Waals surface area contributed by atoms with E-state index in [1.807, 2.05) is 38.1 Å². The molecule has 0 spiro atoms. The van der Waals surface area contributed by atoms with Crippen molar-refractivity contribution in [3.8, 4) is 17.6 Å². The zero-order valence-corrected chi connectivity index (χ0v) is 13.2. The van der Waals surface area contributed by atoms with Crippen LogP contribution in [0.1, 0.15) is 11.1 Å². The summed E-state index contributed by atoms with van der Waals surface area (Å²) in [5.41, 5.74) is 3.09. The number of aryl methyl sites for hydroxylation is 2. The van der Waals surface area contributed by atoms with Crippen LogP contribution in [-0.4, -0.2) is 24.2 Å². The van der Waals surface area contributed by atoms with Crippen LogP contribution in [0.25, 0.3) is 0 Å². The number of nitrogens with one attached hydrogen (secondary N) is 2. The normalized spacial score (nSPS) is 9.48. The molecular formula is C18H19N3O2. The molecule has 0 bridgehead atoms. The van der Waals surface area contributed by atoms with Gasteiger partial charge in [0, 0.05) is 11.9 Å². The van der Waals surface area contributed by atoms with Crippen LogP contribution >= 0.6 is 0 Å². The molecule has 0 atom stereocenters. The maximum Gasteiger partial charge on any atom is 0.319 e. The quantitative estimate of drug-likeness (QED) is 0.854. The van der Waals surface area contributed by atoms with Gasteiger partial charge in [0.1, 0.15) is 12.4 Å². The Kier molecular flexibility index (Phi) is 6.01. The van der Waals surface area contributed by atoms with E-state index in [1.165, 1.54) is 5.56 Å². The highest BCUT2D eigenvalue weighted by molar-refractivity contribution is 5.89. The van der Waals surface area contributed by atoms with Crippen LogP contribution in [0.3, 0.4) is 0 Å². The van der Waals surface area contributed by atoms with E-state index in [9.17, 15) is 4.79 Å². The summed E-state index contributed by atoms with van der Waals surface area (Å²) in [4.78, 5) is 15.7. The lowest BCUT2D eigenvalue weighted by molar-refractivity contribution is 0.253. The Morgan fingerprint density at radius 1 is 1.22 bits per heavy atom. The first kappa shape index (κ1) is 16.4. The molecule has 0 aliphatic carbocycles. The molecule has 0 radical (unpaired) electrons. The molecule has 1 heterocycles. The molecule has 0 aliphatic rings. The van der Waals surface area contributed by atoms with Crippen molar-refractivity contribution in [1.29, 1.82) is 0 Å². The highest BCUT2D eigenvalue weighted by Crippen LogP contribution is 2.13. The van der Waals surface area contributed by atoms with Gasteiger partial charge in [-0.3, -0.25) is 4.98 Å². The number of aromatic nitrogens is 1. The number of hydrogen-bond acceptors (Lipinski definition) is 3. The number of urea groups is 1. The van der Waals surface area contributed by atoms with Gasteiger partial charge < -0.3 is 15.4 Å². The third kappa shape index (κ3) is 5.71. The zero-order valence-electron chi connectivity index (χ0n) is 13.2. The molecule has 1 aromatic heterocycles. The Balaban J connectivity index is 1.69. The second-order valence-corrected chi connectivity index (χ2v) is 4.94. The standard InChI is InChI=1S/C18H19N3O2/c1-14-7-8-16(12-15(14)2)21-18(22)20-10-3-4-11-23-17-6-5-9-19-13-17/h5-9,12-13H,10-11H2,1-2H3,(H2,20,21,22). The molecule has 2 aromatic rings. The Bertz CT molecular complexity index is 718. The summed E-state index contributed by atoms with van der Waals surface area (Å²) in [5, 5.41) is 5.44. The average molecular weight is 309 g/mol. The maximum atomic E-state index is 11.7. The smallest absolute Gasteiger partial charge is 0.319 e. The van der Waals surface area contributed by atoms with Gasteiger partial charge in [-0.1, -0.05) is 17.9 Å². The van der Waals surface area contributed by atoms with Crippen LogP contribution in [0.5, 0.6) is 5.75 Å². The number of ether oxygens (including phenoxy) is 1. The Morgan fingerprint density at radius 2 is 2.09 bits per heavy atom. The number of nitrogens with zero attached hydrogens (tertiary/aromatic N) is 1. The highest BCUT2D eigenvalue weighted by atomic mass is 16.5. The third-order valence-corrected chi connectivity index (χ3v) is 3.17. The van der Waals surface area contributed by atoms with E-state index in [0.29, 0.717) is 5.75 Å². The molecule has 23 heavy (non-hydrogen) atoms. The fourth-order valence-electron chi connectivity index (χ4n) is 1.78. The molecule has 2 amide bonds. The van der Waals surface area contributed by atoms with E-state index < -0.39 is 0 Å². The first-order valence-corrected chi connectivity index (χ1v) is 7.26. The van der Waals surface area contributed by atoms with Crippen molar-refractivity contribution in [2.24, 2.45) is 0 Å². The second kappa shape index (κ2) is 8.44. The predicted octanol–water partition coefficient (Wildman–Crippen LogP) is 2.90. The van der Waals surface area contributed by atoms with E-state index in [2.05, 4.69) is 27.5 Å². The minimum absolute atomic E-state index is 0.256. The van der Waals surface area contributed by atoms with Gasteiger partial charge in [-0.25, -0.2) is 4.79 Å². The van der Waals surface area contributed by atoms with Crippen molar-refractivity contribution in [3.63, 3.8) is 0 Å². The van der Waals surface area contributed by atoms with E-state index in [4.69, 9.17) is 4.74 Å². The monoisotopic (exact) mass is 309 g/mol. The molecule has 0 saturated carbocycles. The van der Waals surface area contributed by atoms with Crippen molar-refractivity contribution >= 4 is 11.7 Å². The molecule has 2 rings (SSSR count). The van der Waals surface area contributed by atoms with Gasteiger partial charge in [0.2, 0.25) is 0 Å². The molecule has 5 nitrogen and oxygen atoms in total. The van der Waals surface area contributed by atoms with Crippen LogP contribution in [0.15, 0.2) is 42.7 Å². The van der Waals surface area contributed by atoms with Gasteiger partial charge in [0.15, 0.2) is 0 Å². The van der Waals surface area contributed by atoms with Crippen molar-refractivity contribution in [1.82, 2.24) is 10.3 Å². The molecule has 0 aliphatic heterocycles. The van der Waals surface area contributed by atoms with Crippen LogP contribution in [0.4, 0.5) is 10.5 Å². The van der Waals surface area contributed by atoms with Crippen LogP contribution in [-0.2, 0) is 0 Å². The van der Waals surface area contributed by atoms with Crippen molar-refractivity contribution in [3.05, 3.63) is 53.9 Å². The van der Waals surface area contributed by atoms with E-state index in [0.717, 1.165) is 11.3 Å². The van der Waals surface area contributed by atoms with Crippen LogP contribution < -0.4 is 15.4 Å². The lowest BCUT2D eigenvalue weighted by Crippen LogP contribution is -2.29. The van der Waals surface area contributed by atoms with E-state index in [-0.39, 0.29) is 19.2 Å². The summed E-state index contributed by atoms with van der Waals surface area (Å²) >= 11 is 0. The number of carbonyl (C=O) groups excluding carboxylic acids is 1. The minimum atomic E-state index is -0.282. The fraction of sp³-hybridized carbons (Fsp3) is 0.222. The van der Waals surface area contributed by atoms with Crippen molar-refractivity contribution in [2.75, 3.05) is 18.5 Å². The molecule has 0 unspecified atom stereocenters. The number of anilines is 1. The summed E-state index contributed by atoms with van der Waals surface area (Å²) in [6, 6.07) is 9.10. The summed E-state index contributed by atoms with van der Waals surface area (Å²) in [6.45, 7) is 4.55. The molecule has 0 saturated heterocycles. The summed E-state index contributed by atoms with van der Waals surface area (Å²) in [5.74, 6) is 6.32. The number of benzene rings is 1. The number of amides is 2. The van der Waals surface area contributed by atoms with Gasteiger partial charge in [-0.15, -0.1) is 0 Å². The average Bonchev–Trinajstić information content (AvgIpc) is 2.55. The van der Waals surface area contributed by atoms with Crippen LogP contribution in [0.2, 0.25) is 0 Å². The molecule has 118 valence electrons. The molecule has 2 N–H and O–H groups in total. The Hall–Kier alpha value is -3.00. The summed E-state index contributed by atoms with van der Waals surface area (Å²) in [7, 11) is 0.